The summed E-state index contributed by atoms with van der Waals surface area (Å²) in [6.45, 7) is 0. The Bertz CT molecular complexity index is 1050. The molecule has 2 aromatic carbocycles. The second kappa shape index (κ2) is 8.25. The molecule has 2 aromatic heterocycles. The number of halogens is 2. The zero-order valence-corrected chi connectivity index (χ0v) is 17.2. The normalized spacial score (nSPS) is 10.9. The molecule has 0 spiro atoms. The molecular weight excluding hydrogens is 444 g/mol. The largest absolute Gasteiger partial charge is 0.270 e. The molecule has 27 heavy (non-hydrogen) atoms. The molecule has 0 unspecified atom stereocenters. The molecule has 0 fully saturated rings. The van der Waals surface area contributed by atoms with Crippen molar-refractivity contribution in [3.8, 4) is 17.1 Å². The van der Waals surface area contributed by atoms with Gasteiger partial charge in [-0.1, -0.05) is 57.5 Å². The molecule has 0 saturated heterocycles. The van der Waals surface area contributed by atoms with E-state index in [1.54, 1.807) is 24.2 Å². The fraction of sp³-hybridized carbons (Fsp3) is 0.0500. The van der Waals surface area contributed by atoms with Crippen LogP contribution in [0.1, 0.15) is 5.56 Å². The lowest BCUT2D eigenvalue weighted by atomic mass is 10.2. The van der Waals surface area contributed by atoms with Gasteiger partial charge in [-0.05, 0) is 48.0 Å². The number of benzene rings is 2. The fourth-order valence-corrected chi connectivity index (χ4v) is 3.98. The first kappa shape index (κ1) is 18.2. The van der Waals surface area contributed by atoms with E-state index >= 15 is 0 Å². The van der Waals surface area contributed by atoms with E-state index in [1.165, 1.54) is 5.56 Å². The zero-order valence-electron chi connectivity index (χ0n) is 14.1. The van der Waals surface area contributed by atoms with Crippen molar-refractivity contribution >= 4 is 39.3 Å². The van der Waals surface area contributed by atoms with Crippen molar-refractivity contribution in [1.29, 1.82) is 0 Å². The van der Waals surface area contributed by atoms with Gasteiger partial charge in [-0.3, -0.25) is 9.55 Å². The Morgan fingerprint density at radius 2 is 1.85 bits per heavy atom. The Kier molecular flexibility index (Phi) is 5.57. The Morgan fingerprint density at radius 3 is 2.59 bits per heavy atom. The summed E-state index contributed by atoms with van der Waals surface area (Å²) < 4.78 is 3.09. The van der Waals surface area contributed by atoms with Crippen molar-refractivity contribution in [2.45, 2.75) is 10.9 Å². The van der Waals surface area contributed by atoms with Crippen molar-refractivity contribution in [2.24, 2.45) is 0 Å². The van der Waals surface area contributed by atoms with Gasteiger partial charge in [-0.25, -0.2) is 0 Å². The lowest BCUT2D eigenvalue weighted by Gasteiger charge is -2.10. The molecule has 2 heterocycles. The van der Waals surface area contributed by atoms with Gasteiger partial charge in [0.1, 0.15) is 0 Å². The number of pyridine rings is 1. The van der Waals surface area contributed by atoms with Crippen LogP contribution in [0, 0.1) is 0 Å². The molecule has 0 radical (unpaired) electrons. The highest BCUT2D eigenvalue weighted by Gasteiger charge is 2.16. The summed E-state index contributed by atoms with van der Waals surface area (Å²) in [6, 6.07) is 19.8. The molecular formula is C20H14BrClN4S. The summed E-state index contributed by atoms with van der Waals surface area (Å²) in [6.07, 6.45) is 3.53. The second-order valence-corrected chi connectivity index (χ2v) is 8.07. The third-order valence-corrected chi connectivity index (χ3v) is 5.66. The van der Waals surface area contributed by atoms with Crippen LogP contribution < -0.4 is 0 Å². The molecule has 0 amide bonds. The second-order valence-electron chi connectivity index (χ2n) is 5.78. The molecule has 0 aliphatic rings. The summed E-state index contributed by atoms with van der Waals surface area (Å²) >= 11 is 11.3. The average molecular weight is 458 g/mol. The molecule has 0 aliphatic heterocycles. The van der Waals surface area contributed by atoms with Crippen LogP contribution >= 0.6 is 39.3 Å². The van der Waals surface area contributed by atoms with Gasteiger partial charge in [0.25, 0.3) is 0 Å². The van der Waals surface area contributed by atoms with Crippen LogP contribution in [0.5, 0.6) is 0 Å². The fourth-order valence-electron chi connectivity index (χ4n) is 2.62. The van der Waals surface area contributed by atoms with Gasteiger partial charge in [-0.2, -0.15) is 0 Å². The van der Waals surface area contributed by atoms with E-state index in [-0.39, 0.29) is 0 Å². The number of hydrogen-bond donors (Lipinski definition) is 0. The molecule has 4 aromatic rings. The SMILES string of the molecule is Clc1cccc(-n2c(SCc3ccc(Br)cc3)nnc2-c2cccnc2)c1. The third-order valence-electron chi connectivity index (χ3n) is 3.90. The van der Waals surface area contributed by atoms with Gasteiger partial charge in [0.05, 0.1) is 5.69 Å². The highest BCUT2D eigenvalue weighted by atomic mass is 79.9. The maximum Gasteiger partial charge on any atom is 0.196 e. The van der Waals surface area contributed by atoms with Crippen molar-refractivity contribution in [1.82, 2.24) is 19.7 Å². The van der Waals surface area contributed by atoms with Crippen LogP contribution in [0.15, 0.2) is 82.7 Å². The highest BCUT2D eigenvalue weighted by Crippen LogP contribution is 2.30. The smallest absolute Gasteiger partial charge is 0.196 e. The highest BCUT2D eigenvalue weighted by molar-refractivity contribution is 9.10. The van der Waals surface area contributed by atoms with Crippen molar-refractivity contribution < 1.29 is 0 Å². The molecule has 7 heteroatoms. The minimum absolute atomic E-state index is 0.669. The van der Waals surface area contributed by atoms with Crippen molar-refractivity contribution in [3.63, 3.8) is 0 Å². The summed E-state index contributed by atoms with van der Waals surface area (Å²) in [5.41, 5.74) is 3.04. The first-order valence-electron chi connectivity index (χ1n) is 8.20. The summed E-state index contributed by atoms with van der Waals surface area (Å²) in [4.78, 5) is 4.21. The first-order valence-corrected chi connectivity index (χ1v) is 10.4. The minimum atomic E-state index is 0.669. The third kappa shape index (κ3) is 4.24. The Balaban J connectivity index is 1.73. The molecule has 0 saturated carbocycles. The lowest BCUT2D eigenvalue weighted by molar-refractivity contribution is 0.886. The Hall–Kier alpha value is -2.15. The maximum absolute atomic E-state index is 6.22. The number of nitrogens with zero attached hydrogens (tertiary/aromatic N) is 4. The summed E-state index contributed by atoms with van der Waals surface area (Å²) in [7, 11) is 0. The standard InChI is InChI=1S/C20H14BrClN4S/c21-16-8-6-14(7-9-16)13-27-20-25-24-19(15-3-2-10-23-12-15)26(20)18-5-1-4-17(22)11-18/h1-12H,13H2. The summed E-state index contributed by atoms with van der Waals surface area (Å²) in [5, 5.41) is 10.3. The van der Waals surface area contributed by atoms with Crippen molar-refractivity contribution in [2.75, 3.05) is 0 Å². The van der Waals surface area contributed by atoms with E-state index in [9.17, 15) is 0 Å². The van der Waals surface area contributed by atoms with Crippen LogP contribution in [0.3, 0.4) is 0 Å². The number of rotatable bonds is 5. The molecule has 0 N–H and O–H groups in total. The number of hydrogen-bond acceptors (Lipinski definition) is 4. The molecule has 0 atom stereocenters. The van der Waals surface area contributed by atoms with Gasteiger partial charge in [-0.15, -0.1) is 10.2 Å². The van der Waals surface area contributed by atoms with E-state index in [0.717, 1.165) is 32.5 Å². The van der Waals surface area contributed by atoms with Gasteiger partial charge >= 0.3 is 0 Å². The minimum Gasteiger partial charge on any atom is -0.270 e. The molecule has 4 nitrogen and oxygen atoms in total. The topological polar surface area (TPSA) is 43.6 Å². The Morgan fingerprint density at radius 1 is 1.00 bits per heavy atom. The molecule has 134 valence electrons. The van der Waals surface area contributed by atoms with Crippen molar-refractivity contribution in [3.05, 3.63) is 88.1 Å². The first-order chi connectivity index (χ1) is 13.2. The van der Waals surface area contributed by atoms with E-state index in [0.29, 0.717) is 5.02 Å². The number of thioether (sulfide) groups is 1. The van der Waals surface area contributed by atoms with E-state index in [2.05, 4.69) is 43.2 Å². The quantitative estimate of drug-likeness (QED) is 0.343. The van der Waals surface area contributed by atoms with Gasteiger partial charge in [0.2, 0.25) is 0 Å². The monoisotopic (exact) mass is 456 g/mol. The number of aromatic nitrogens is 4. The van der Waals surface area contributed by atoms with E-state index in [1.807, 2.05) is 53.1 Å². The van der Waals surface area contributed by atoms with Crippen LogP contribution in [0.4, 0.5) is 0 Å². The van der Waals surface area contributed by atoms with E-state index in [4.69, 9.17) is 11.6 Å². The molecule has 0 aliphatic carbocycles. The van der Waals surface area contributed by atoms with Gasteiger partial charge < -0.3 is 0 Å². The molecule has 4 rings (SSSR count). The lowest BCUT2D eigenvalue weighted by Crippen LogP contribution is -2.00. The maximum atomic E-state index is 6.22. The van der Waals surface area contributed by atoms with Gasteiger partial charge in [0, 0.05) is 33.2 Å². The van der Waals surface area contributed by atoms with Crippen LogP contribution in [-0.4, -0.2) is 19.7 Å². The molecule has 0 bridgehead atoms. The predicted molar refractivity (Wildman–Crippen MR) is 113 cm³/mol. The van der Waals surface area contributed by atoms with E-state index < -0.39 is 0 Å². The average Bonchev–Trinajstić information content (AvgIpc) is 3.12. The van der Waals surface area contributed by atoms with Crippen LogP contribution in [0.2, 0.25) is 5.02 Å². The van der Waals surface area contributed by atoms with Gasteiger partial charge in [0.15, 0.2) is 11.0 Å². The zero-order chi connectivity index (χ0) is 18.6. The summed E-state index contributed by atoms with van der Waals surface area (Å²) in [5.74, 6) is 1.53. The Labute approximate surface area is 174 Å². The predicted octanol–water partition coefficient (Wildman–Crippen LogP) is 6.04. The van der Waals surface area contributed by atoms with Crippen LogP contribution in [0.25, 0.3) is 17.1 Å². The van der Waals surface area contributed by atoms with Crippen LogP contribution in [-0.2, 0) is 5.75 Å².